The van der Waals surface area contributed by atoms with Crippen molar-refractivity contribution < 1.29 is 13.2 Å². The first kappa shape index (κ1) is 17.1. The van der Waals surface area contributed by atoms with Crippen LogP contribution < -0.4 is 5.32 Å². The number of aryl methyl sites for hydroxylation is 1. The van der Waals surface area contributed by atoms with Crippen molar-refractivity contribution in [3.8, 4) is 0 Å². The predicted octanol–water partition coefficient (Wildman–Crippen LogP) is 1.37. The molecule has 0 unspecified atom stereocenters. The van der Waals surface area contributed by atoms with E-state index in [0.717, 1.165) is 11.1 Å². The van der Waals surface area contributed by atoms with Gasteiger partial charge in [-0.2, -0.15) is 4.31 Å². The summed E-state index contributed by atoms with van der Waals surface area (Å²) in [5.74, 6) is 0. The number of ether oxygens (including phenoxy) is 1. The minimum absolute atomic E-state index is 0.339. The zero-order chi connectivity index (χ0) is 15.2. The molecule has 0 bridgehead atoms. The van der Waals surface area contributed by atoms with E-state index in [0.29, 0.717) is 31.1 Å². The quantitative estimate of drug-likeness (QED) is 0.788. The molecule has 6 heteroatoms. The maximum absolute atomic E-state index is 12.6. The highest BCUT2D eigenvalue weighted by Gasteiger charge is 2.23. The average molecular weight is 300 g/mol. The summed E-state index contributed by atoms with van der Waals surface area (Å²) in [6, 6.07) is 5.26. The number of hydrogen-bond acceptors (Lipinski definition) is 4. The second-order valence-corrected chi connectivity index (χ2v) is 6.55. The molecule has 0 aliphatic rings. The minimum atomic E-state index is -3.46. The third kappa shape index (κ3) is 4.02. The van der Waals surface area contributed by atoms with Crippen molar-refractivity contribution in [2.75, 3.05) is 33.9 Å². The smallest absolute Gasteiger partial charge is 0.243 e. The van der Waals surface area contributed by atoms with Gasteiger partial charge in [-0.05, 0) is 37.2 Å². The van der Waals surface area contributed by atoms with Crippen molar-refractivity contribution in [3.05, 3.63) is 29.3 Å². The molecule has 1 aromatic rings. The Hall–Kier alpha value is -0.950. The van der Waals surface area contributed by atoms with E-state index in [1.165, 1.54) is 4.31 Å². The van der Waals surface area contributed by atoms with Crippen LogP contribution in [0.4, 0.5) is 0 Å². The summed E-state index contributed by atoms with van der Waals surface area (Å²) in [5, 5.41) is 3.05. The average Bonchev–Trinajstić information content (AvgIpc) is 2.42. The van der Waals surface area contributed by atoms with Crippen LogP contribution in [-0.4, -0.2) is 46.6 Å². The van der Waals surface area contributed by atoms with Gasteiger partial charge in [0.2, 0.25) is 10.0 Å². The Bertz CT molecular complexity index is 529. The van der Waals surface area contributed by atoms with Crippen molar-refractivity contribution in [2.24, 2.45) is 0 Å². The van der Waals surface area contributed by atoms with E-state index in [9.17, 15) is 8.42 Å². The van der Waals surface area contributed by atoms with Crippen LogP contribution >= 0.6 is 0 Å². The lowest BCUT2D eigenvalue weighted by Crippen LogP contribution is -2.33. The molecule has 0 aliphatic carbocycles. The number of nitrogens with one attached hydrogen (secondary N) is 1. The van der Waals surface area contributed by atoms with E-state index in [2.05, 4.69) is 5.32 Å². The molecular weight excluding hydrogens is 276 g/mol. The number of nitrogens with zero attached hydrogens (tertiary/aromatic N) is 1. The molecule has 0 radical (unpaired) electrons. The second kappa shape index (κ2) is 7.73. The highest BCUT2D eigenvalue weighted by Crippen LogP contribution is 2.19. The van der Waals surface area contributed by atoms with Crippen LogP contribution in [0.25, 0.3) is 0 Å². The van der Waals surface area contributed by atoms with Crippen molar-refractivity contribution in [1.29, 1.82) is 0 Å². The van der Waals surface area contributed by atoms with E-state index >= 15 is 0 Å². The molecule has 0 fully saturated rings. The third-order valence-corrected chi connectivity index (χ3v) is 5.19. The van der Waals surface area contributed by atoms with Gasteiger partial charge < -0.3 is 10.1 Å². The summed E-state index contributed by atoms with van der Waals surface area (Å²) in [4.78, 5) is 0.339. The van der Waals surface area contributed by atoms with E-state index < -0.39 is 10.0 Å². The molecule has 5 nitrogen and oxygen atoms in total. The molecular formula is C14H24N2O3S. The van der Waals surface area contributed by atoms with Crippen LogP contribution in [0.15, 0.2) is 23.1 Å². The van der Waals surface area contributed by atoms with Crippen molar-refractivity contribution in [1.82, 2.24) is 9.62 Å². The second-order valence-electron chi connectivity index (χ2n) is 4.61. The Kier molecular flexibility index (Phi) is 6.61. The predicted molar refractivity (Wildman–Crippen MR) is 80.3 cm³/mol. The molecule has 0 aliphatic heterocycles. The van der Waals surface area contributed by atoms with Gasteiger partial charge in [0.05, 0.1) is 11.5 Å². The maximum atomic E-state index is 12.6. The van der Waals surface area contributed by atoms with Gasteiger partial charge >= 0.3 is 0 Å². The van der Waals surface area contributed by atoms with Crippen LogP contribution in [-0.2, 0) is 21.3 Å². The van der Waals surface area contributed by atoms with E-state index in [-0.39, 0.29) is 0 Å². The van der Waals surface area contributed by atoms with E-state index in [1.807, 2.05) is 27.0 Å². The lowest BCUT2D eigenvalue weighted by atomic mass is 10.1. The van der Waals surface area contributed by atoms with Gasteiger partial charge in [-0.3, -0.25) is 0 Å². The van der Waals surface area contributed by atoms with Crippen LogP contribution in [0.5, 0.6) is 0 Å². The van der Waals surface area contributed by atoms with Gasteiger partial charge in [0.1, 0.15) is 0 Å². The van der Waals surface area contributed by atoms with E-state index in [4.69, 9.17) is 4.74 Å². The van der Waals surface area contributed by atoms with Gasteiger partial charge in [-0.15, -0.1) is 0 Å². The summed E-state index contributed by atoms with van der Waals surface area (Å²) in [6.45, 7) is 5.65. The first-order valence-corrected chi connectivity index (χ1v) is 8.14. The van der Waals surface area contributed by atoms with Gasteiger partial charge in [-0.1, -0.05) is 13.0 Å². The Morgan fingerprint density at radius 3 is 2.60 bits per heavy atom. The highest BCUT2D eigenvalue weighted by atomic mass is 32.2. The largest absolute Gasteiger partial charge is 0.383 e. The first-order chi connectivity index (χ1) is 9.47. The summed E-state index contributed by atoms with van der Waals surface area (Å²) in [5.41, 5.74) is 2.08. The molecule has 114 valence electrons. The molecule has 1 N–H and O–H groups in total. The standard InChI is InChI=1S/C14H24N2O3S/c1-5-16(8-9-19-4)20(17,18)14-7-6-12(2)13(10-14)11-15-3/h6-7,10,15H,5,8-9,11H2,1-4H3. The van der Waals surface area contributed by atoms with Crippen LogP contribution in [0, 0.1) is 6.92 Å². The lowest BCUT2D eigenvalue weighted by Gasteiger charge is -2.20. The number of benzene rings is 1. The minimum Gasteiger partial charge on any atom is -0.383 e. The summed E-state index contributed by atoms with van der Waals surface area (Å²) in [6.07, 6.45) is 0. The monoisotopic (exact) mass is 300 g/mol. The van der Waals surface area contributed by atoms with Crippen LogP contribution in [0.3, 0.4) is 0 Å². The van der Waals surface area contributed by atoms with Gasteiger partial charge in [0, 0.05) is 26.7 Å². The first-order valence-electron chi connectivity index (χ1n) is 6.70. The fourth-order valence-electron chi connectivity index (χ4n) is 1.98. The van der Waals surface area contributed by atoms with Crippen LogP contribution in [0.2, 0.25) is 0 Å². The maximum Gasteiger partial charge on any atom is 0.243 e. The molecule has 1 aromatic carbocycles. The number of methoxy groups -OCH3 is 1. The number of sulfonamides is 1. The fourth-order valence-corrected chi connectivity index (χ4v) is 3.46. The van der Waals surface area contributed by atoms with Gasteiger partial charge in [0.15, 0.2) is 0 Å². The lowest BCUT2D eigenvalue weighted by molar-refractivity contribution is 0.180. The third-order valence-electron chi connectivity index (χ3n) is 3.22. The Morgan fingerprint density at radius 2 is 2.05 bits per heavy atom. The molecule has 1 rings (SSSR count). The zero-order valence-electron chi connectivity index (χ0n) is 12.6. The molecule has 20 heavy (non-hydrogen) atoms. The molecule has 0 heterocycles. The van der Waals surface area contributed by atoms with Crippen molar-refractivity contribution >= 4 is 10.0 Å². The Labute approximate surface area is 122 Å². The molecule has 0 saturated carbocycles. The van der Waals surface area contributed by atoms with Crippen molar-refractivity contribution in [3.63, 3.8) is 0 Å². The summed E-state index contributed by atoms with van der Waals surface area (Å²) >= 11 is 0. The molecule has 0 atom stereocenters. The normalized spacial score (nSPS) is 12.1. The summed E-state index contributed by atoms with van der Waals surface area (Å²) in [7, 11) is -0.0438. The zero-order valence-corrected chi connectivity index (χ0v) is 13.5. The summed E-state index contributed by atoms with van der Waals surface area (Å²) < 4.78 is 31.6. The Balaban J connectivity index is 3.10. The SMILES string of the molecule is CCN(CCOC)S(=O)(=O)c1ccc(C)c(CNC)c1. The van der Waals surface area contributed by atoms with Crippen LogP contribution in [0.1, 0.15) is 18.1 Å². The molecule has 0 aromatic heterocycles. The number of hydrogen-bond donors (Lipinski definition) is 1. The van der Waals surface area contributed by atoms with Gasteiger partial charge in [-0.25, -0.2) is 8.42 Å². The molecule has 0 amide bonds. The topological polar surface area (TPSA) is 58.6 Å². The Morgan fingerprint density at radius 1 is 1.35 bits per heavy atom. The number of likely N-dealkylation sites (N-methyl/N-ethyl adjacent to an activating group) is 1. The highest BCUT2D eigenvalue weighted by molar-refractivity contribution is 7.89. The molecule has 0 spiro atoms. The fraction of sp³-hybridized carbons (Fsp3) is 0.571. The van der Waals surface area contributed by atoms with Crippen molar-refractivity contribution in [2.45, 2.75) is 25.3 Å². The number of rotatable bonds is 8. The van der Waals surface area contributed by atoms with Gasteiger partial charge in [0.25, 0.3) is 0 Å². The van der Waals surface area contributed by atoms with E-state index in [1.54, 1.807) is 19.2 Å². The molecule has 0 saturated heterocycles.